The lowest BCUT2D eigenvalue weighted by molar-refractivity contribution is -0.131. The molecule has 0 spiro atoms. The zero-order valence-corrected chi connectivity index (χ0v) is 18.0. The minimum absolute atomic E-state index is 0.0771. The van der Waals surface area contributed by atoms with Crippen LogP contribution in [0.4, 0.5) is 0 Å². The summed E-state index contributed by atoms with van der Waals surface area (Å²) in [5.74, 6) is 1.01. The van der Waals surface area contributed by atoms with E-state index in [2.05, 4.69) is 29.4 Å². The highest BCUT2D eigenvalue weighted by molar-refractivity contribution is 5.92. The van der Waals surface area contributed by atoms with E-state index < -0.39 is 0 Å². The van der Waals surface area contributed by atoms with Gasteiger partial charge in [-0.05, 0) is 39.4 Å². The van der Waals surface area contributed by atoms with Gasteiger partial charge in [0.05, 0.1) is 6.54 Å². The van der Waals surface area contributed by atoms with E-state index in [0.29, 0.717) is 44.2 Å². The van der Waals surface area contributed by atoms with E-state index in [9.17, 15) is 9.59 Å². The molecule has 1 aromatic heterocycles. The molecule has 0 N–H and O–H groups in total. The number of hydrogen-bond donors (Lipinski definition) is 0. The molecule has 0 bridgehead atoms. The highest BCUT2D eigenvalue weighted by atomic mass is 16.5. The topological polar surface area (TPSA) is 69.9 Å². The molecule has 2 atom stereocenters. The van der Waals surface area contributed by atoms with Crippen LogP contribution < -0.4 is 0 Å². The van der Waals surface area contributed by atoms with Crippen molar-refractivity contribution in [1.29, 1.82) is 0 Å². The predicted octanol–water partition coefficient (Wildman–Crippen LogP) is 2.08. The number of likely N-dealkylation sites (N-methyl/N-ethyl adjacent to an activating group) is 1. The van der Waals surface area contributed by atoms with E-state index in [4.69, 9.17) is 4.52 Å². The van der Waals surface area contributed by atoms with E-state index in [1.165, 1.54) is 5.56 Å². The van der Waals surface area contributed by atoms with Crippen molar-refractivity contribution < 1.29 is 14.1 Å². The Morgan fingerprint density at radius 2 is 1.87 bits per heavy atom. The molecule has 7 heteroatoms. The Morgan fingerprint density at radius 1 is 1.17 bits per heavy atom. The normalized spacial score (nSPS) is 23.3. The predicted molar refractivity (Wildman–Crippen MR) is 113 cm³/mol. The number of aryl methyl sites for hydroxylation is 2. The molecule has 3 heterocycles. The van der Waals surface area contributed by atoms with Gasteiger partial charge in [0, 0.05) is 43.6 Å². The number of amides is 2. The van der Waals surface area contributed by atoms with Gasteiger partial charge in [-0.3, -0.25) is 9.59 Å². The number of carbonyl (C=O) groups excluding carboxylic acids is 2. The van der Waals surface area contributed by atoms with Crippen LogP contribution >= 0.6 is 0 Å². The van der Waals surface area contributed by atoms with Gasteiger partial charge >= 0.3 is 0 Å². The Bertz CT molecular complexity index is 910. The number of carbonyl (C=O) groups is 2. The maximum Gasteiger partial charge on any atom is 0.276 e. The molecule has 1 aromatic carbocycles. The summed E-state index contributed by atoms with van der Waals surface area (Å²) in [4.78, 5) is 31.5. The fourth-order valence-corrected chi connectivity index (χ4v) is 4.92. The van der Waals surface area contributed by atoms with Crippen molar-refractivity contribution in [1.82, 2.24) is 19.9 Å². The Morgan fingerprint density at radius 3 is 2.53 bits per heavy atom. The number of nitrogens with zero attached hydrogens (tertiary/aromatic N) is 4. The van der Waals surface area contributed by atoms with Gasteiger partial charge in [-0.2, -0.15) is 0 Å². The summed E-state index contributed by atoms with van der Waals surface area (Å²) in [5, 5.41) is 3.91. The third-order valence-corrected chi connectivity index (χ3v) is 6.45. The van der Waals surface area contributed by atoms with Gasteiger partial charge in [0.2, 0.25) is 5.91 Å². The van der Waals surface area contributed by atoms with E-state index in [0.717, 1.165) is 12.8 Å². The average molecular weight is 411 g/mol. The molecule has 0 saturated carbocycles. The fraction of sp³-hybridized carbons (Fsp3) is 0.522. The van der Waals surface area contributed by atoms with Crippen molar-refractivity contribution in [3.05, 3.63) is 53.4 Å². The van der Waals surface area contributed by atoms with Crippen LogP contribution in [0.5, 0.6) is 0 Å². The fourth-order valence-electron chi connectivity index (χ4n) is 4.92. The van der Waals surface area contributed by atoms with Crippen LogP contribution in [0.3, 0.4) is 0 Å². The van der Waals surface area contributed by atoms with Crippen LogP contribution in [0.2, 0.25) is 0 Å². The molecule has 2 aromatic rings. The van der Waals surface area contributed by atoms with Crippen LogP contribution in [0, 0.1) is 18.3 Å². The molecule has 0 aliphatic carbocycles. The number of aromatic nitrogens is 1. The molecule has 2 amide bonds. The SMILES string of the molecule is Cc1cc(C(=O)N2C[C@@H]3CN(C(=O)CN(C)C)C[C@]3(CCc3ccccc3)C2)no1. The first-order valence-electron chi connectivity index (χ1n) is 10.6. The first-order chi connectivity index (χ1) is 14.4. The van der Waals surface area contributed by atoms with Gasteiger partial charge in [-0.25, -0.2) is 0 Å². The van der Waals surface area contributed by atoms with Gasteiger partial charge in [0.15, 0.2) is 5.69 Å². The van der Waals surface area contributed by atoms with Gasteiger partial charge < -0.3 is 19.2 Å². The molecule has 2 saturated heterocycles. The summed E-state index contributed by atoms with van der Waals surface area (Å²) in [7, 11) is 3.83. The third kappa shape index (κ3) is 4.12. The maximum absolute atomic E-state index is 13.0. The summed E-state index contributed by atoms with van der Waals surface area (Å²) >= 11 is 0. The second kappa shape index (κ2) is 8.22. The van der Waals surface area contributed by atoms with Gasteiger partial charge in [0.25, 0.3) is 5.91 Å². The maximum atomic E-state index is 13.0. The minimum Gasteiger partial charge on any atom is -0.361 e. The quantitative estimate of drug-likeness (QED) is 0.729. The van der Waals surface area contributed by atoms with Gasteiger partial charge in [-0.15, -0.1) is 0 Å². The van der Waals surface area contributed by atoms with E-state index in [1.807, 2.05) is 34.9 Å². The number of rotatable bonds is 6. The molecular formula is C23H30N4O3. The van der Waals surface area contributed by atoms with Crippen LogP contribution in [0.25, 0.3) is 0 Å². The lowest BCUT2D eigenvalue weighted by Crippen LogP contribution is -2.41. The summed E-state index contributed by atoms with van der Waals surface area (Å²) in [6, 6.07) is 12.1. The molecule has 2 aliphatic rings. The van der Waals surface area contributed by atoms with Crippen molar-refractivity contribution in [2.75, 3.05) is 46.8 Å². The first-order valence-corrected chi connectivity index (χ1v) is 10.6. The molecule has 4 rings (SSSR count). The van der Waals surface area contributed by atoms with Gasteiger partial charge in [0.1, 0.15) is 5.76 Å². The van der Waals surface area contributed by atoms with E-state index in [-0.39, 0.29) is 23.1 Å². The molecule has 160 valence electrons. The highest BCUT2D eigenvalue weighted by Crippen LogP contribution is 2.46. The summed E-state index contributed by atoms with van der Waals surface area (Å²) in [5.41, 5.74) is 1.58. The Kier molecular flexibility index (Phi) is 5.64. The van der Waals surface area contributed by atoms with E-state index in [1.54, 1.807) is 13.0 Å². The molecule has 2 fully saturated rings. The zero-order chi connectivity index (χ0) is 21.3. The largest absolute Gasteiger partial charge is 0.361 e. The first kappa shape index (κ1) is 20.6. The highest BCUT2D eigenvalue weighted by Gasteiger charge is 2.54. The number of hydrogen-bond acceptors (Lipinski definition) is 5. The lowest BCUT2D eigenvalue weighted by Gasteiger charge is -2.29. The molecule has 2 aliphatic heterocycles. The number of fused-ring (bicyclic) bond motifs is 1. The standard InChI is InChI=1S/C23H30N4O3/c1-17-11-20(24-30-17)22(29)27-13-19-12-26(21(28)14-25(2)3)15-23(19,16-27)10-9-18-7-5-4-6-8-18/h4-8,11,19H,9-10,12-16H2,1-3H3/t19-,23+/m0/s1. The smallest absolute Gasteiger partial charge is 0.276 e. The summed E-state index contributed by atoms with van der Waals surface area (Å²) in [6.45, 7) is 4.94. The zero-order valence-electron chi connectivity index (χ0n) is 18.0. The molecular weight excluding hydrogens is 380 g/mol. The van der Waals surface area contributed by atoms with Crippen molar-refractivity contribution in [2.45, 2.75) is 19.8 Å². The lowest BCUT2D eigenvalue weighted by atomic mass is 9.76. The third-order valence-electron chi connectivity index (χ3n) is 6.45. The van der Waals surface area contributed by atoms with Crippen molar-refractivity contribution in [3.63, 3.8) is 0 Å². The molecule has 0 radical (unpaired) electrons. The van der Waals surface area contributed by atoms with Crippen LogP contribution in [0.1, 0.15) is 28.2 Å². The summed E-state index contributed by atoms with van der Waals surface area (Å²) in [6.07, 6.45) is 1.90. The van der Waals surface area contributed by atoms with Crippen LogP contribution in [-0.4, -0.2) is 78.5 Å². The minimum atomic E-state index is -0.0773. The van der Waals surface area contributed by atoms with Crippen molar-refractivity contribution in [2.24, 2.45) is 11.3 Å². The van der Waals surface area contributed by atoms with E-state index >= 15 is 0 Å². The second-order valence-electron chi connectivity index (χ2n) is 9.07. The second-order valence-corrected chi connectivity index (χ2v) is 9.07. The van der Waals surface area contributed by atoms with Crippen molar-refractivity contribution >= 4 is 11.8 Å². The van der Waals surface area contributed by atoms with Crippen LogP contribution in [0.15, 0.2) is 40.9 Å². The molecule has 30 heavy (non-hydrogen) atoms. The van der Waals surface area contributed by atoms with Crippen molar-refractivity contribution in [3.8, 4) is 0 Å². The monoisotopic (exact) mass is 410 g/mol. The Balaban J connectivity index is 1.52. The molecule has 7 nitrogen and oxygen atoms in total. The van der Waals surface area contributed by atoms with Gasteiger partial charge in [-0.1, -0.05) is 35.5 Å². The molecule has 0 unspecified atom stereocenters. The Hall–Kier alpha value is -2.67. The average Bonchev–Trinajstić information content (AvgIpc) is 3.38. The Labute approximate surface area is 177 Å². The van der Waals surface area contributed by atoms with Crippen LogP contribution in [-0.2, 0) is 11.2 Å². The number of likely N-dealkylation sites (tertiary alicyclic amines) is 2. The summed E-state index contributed by atoms with van der Waals surface area (Å²) < 4.78 is 5.10. The number of benzene rings is 1.